The Morgan fingerprint density at radius 2 is 2.05 bits per heavy atom. The van der Waals surface area contributed by atoms with Crippen molar-refractivity contribution in [3.8, 4) is 0 Å². The Hall–Kier alpha value is -0.770. The van der Waals surface area contributed by atoms with Gasteiger partial charge in [-0.3, -0.25) is 9.59 Å². The summed E-state index contributed by atoms with van der Waals surface area (Å²) in [5, 5.41) is 18.5. The van der Waals surface area contributed by atoms with Gasteiger partial charge in [0.15, 0.2) is 0 Å². The van der Waals surface area contributed by atoms with Gasteiger partial charge in [0, 0.05) is 11.8 Å². The Balaban J connectivity index is 2.01. The number of carboxylic acids is 1. The van der Waals surface area contributed by atoms with Crippen LogP contribution in [0.15, 0.2) is 0 Å². The number of carbonyl (C=O) groups is 2. The van der Waals surface area contributed by atoms with Crippen molar-refractivity contribution in [2.24, 2.45) is 11.3 Å². The fraction of sp³-hybridized carbons (Fsp3) is 0.857. The molecule has 0 saturated carbocycles. The highest BCUT2D eigenvalue weighted by Gasteiger charge is 2.42. The molecule has 2 aliphatic rings. The van der Waals surface area contributed by atoms with Crippen molar-refractivity contribution in [2.75, 3.05) is 6.61 Å². The first-order valence-corrected chi connectivity index (χ1v) is 7.49. The van der Waals surface area contributed by atoms with E-state index in [9.17, 15) is 14.7 Å². The lowest BCUT2D eigenvalue weighted by Gasteiger charge is -2.33. The Kier molecular flexibility index (Phi) is 4.95. The van der Waals surface area contributed by atoms with Crippen LogP contribution in [0.5, 0.6) is 0 Å². The molecule has 2 fully saturated rings. The van der Waals surface area contributed by atoms with Gasteiger partial charge in [0.05, 0.1) is 6.61 Å². The fourth-order valence-electron chi connectivity index (χ4n) is 3.69. The molecule has 6 heteroatoms. The molecule has 0 spiro atoms. The fourth-order valence-corrected chi connectivity index (χ4v) is 3.69. The van der Waals surface area contributed by atoms with E-state index in [1.165, 1.54) is 0 Å². The summed E-state index contributed by atoms with van der Waals surface area (Å²) in [6.07, 6.45) is 4.44. The zero-order valence-corrected chi connectivity index (χ0v) is 12.0. The number of fused-ring (bicyclic) bond motifs is 1. The Morgan fingerprint density at radius 3 is 2.65 bits per heavy atom. The maximum absolute atomic E-state index is 11.9. The van der Waals surface area contributed by atoms with Crippen LogP contribution < -0.4 is 0 Å². The number of aliphatic carboxylic acids is 1. The summed E-state index contributed by atoms with van der Waals surface area (Å²) in [6, 6.07) is 0. The van der Waals surface area contributed by atoms with Crippen LogP contribution in [0, 0.1) is 11.3 Å². The van der Waals surface area contributed by atoms with E-state index in [1.54, 1.807) is 6.92 Å². The van der Waals surface area contributed by atoms with E-state index < -0.39 is 11.4 Å². The molecular formula is C14H22B2O4. The minimum Gasteiger partial charge on any atom is -0.481 e. The highest BCUT2D eigenvalue weighted by atomic mass is 16.4. The van der Waals surface area contributed by atoms with E-state index in [4.69, 9.17) is 5.11 Å². The Labute approximate surface area is 121 Å². The van der Waals surface area contributed by atoms with Crippen molar-refractivity contribution in [3.63, 3.8) is 0 Å². The maximum Gasteiger partial charge on any atom is 0.302 e. The standard InChI is InChI=1S/C14H22B2O4/c1-9(18)14(8-17)5-4-10-2-3-11(6-12(19)20)16-13(10)15-7-14/h10-11,13,17H,2-8H2,1H3,(H,19,20). The molecule has 4 atom stereocenters. The molecule has 108 valence electrons. The maximum atomic E-state index is 11.9. The van der Waals surface area contributed by atoms with Crippen LogP contribution in [0.3, 0.4) is 0 Å². The predicted octanol–water partition coefficient (Wildman–Crippen LogP) is 1.59. The largest absolute Gasteiger partial charge is 0.481 e. The zero-order valence-electron chi connectivity index (χ0n) is 12.0. The number of carboxylic acid groups (broad SMARTS) is 1. The first-order valence-electron chi connectivity index (χ1n) is 7.49. The van der Waals surface area contributed by atoms with E-state index in [1.807, 2.05) is 0 Å². The van der Waals surface area contributed by atoms with E-state index >= 15 is 0 Å². The summed E-state index contributed by atoms with van der Waals surface area (Å²) >= 11 is 0. The lowest BCUT2D eigenvalue weighted by molar-refractivity contribution is -0.137. The van der Waals surface area contributed by atoms with Gasteiger partial charge < -0.3 is 10.2 Å². The van der Waals surface area contributed by atoms with Crippen LogP contribution in [0.25, 0.3) is 0 Å². The molecule has 4 nitrogen and oxygen atoms in total. The van der Waals surface area contributed by atoms with E-state index in [-0.39, 0.29) is 24.6 Å². The molecule has 0 aromatic carbocycles. The predicted molar refractivity (Wildman–Crippen MR) is 78.2 cm³/mol. The number of rotatable bonds is 4. The second-order valence-corrected chi connectivity index (χ2v) is 6.44. The number of Topliss-reactive ketones (excluding diaryl/α,β-unsaturated/α-hetero) is 1. The van der Waals surface area contributed by atoms with Gasteiger partial charge in [0.1, 0.15) is 20.3 Å². The number of hydrogen-bond donors (Lipinski definition) is 2. The minimum absolute atomic E-state index is 0.0667. The lowest BCUT2D eigenvalue weighted by Crippen LogP contribution is -2.34. The van der Waals surface area contributed by atoms with Gasteiger partial charge in [-0.2, -0.15) is 0 Å². The molecule has 0 aliphatic carbocycles. The molecule has 2 saturated heterocycles. The van der Waals surface area contributed by atoms with Crippen molar-refractivity contribution in [2.45, 2.75) is 56.9 Å². The number of aliphatic hydroxyl groups is 1. The average molecular weight is 276 g/mol. The van der Waals surface area contributed by atoms with Gasteiger partial charge in [0.25, 0.3) is 0 Å². The van der Waals surface area contributed by atoms with Crippen molar-refractivity contribution >= 4 is 26.3 Å². The molecule has 4 unspecified atom stereocenters. The third kappa shape index (κ3) is 3.27. The van der Waals surface area contributed by atoms with Crippen LogP contribution in [0.4, 0.5) is 0 Å². The first kappa shape index (κ1) is 15.6. The first-order chi connectivity index (χ1) is 9.47. The number of hydrogen-bond acceptors (Lipinski definition) is 3. The SMILES string of the molecule is CC(=O)C1(CO)C[B]C2[B]C(CC(=O)O)CCC2CC1. The van der Waals surface area contributed by atoms with Gasteiger partial charge in [-0.25, -0.2) is 0 Å². The van der Waals surface area contributed by atoms with Gasteiger partial charge in [-0.15, -0.1) is 0 Å². The van der Waals surface area contributed by atoms with Crippen molar-refractivity contribution in [3.05, 3.63) is 0 Å². The summed E-state index contributed by atoms with van der Waals surface area (Å²) in [5.74, 6) is -0.0273. The van der Waals surface area contributed by atoms with Crippen molar-refractivity contribution < 1.29 is 19.8 Å². The minimum atomic E-state index is -0.744. The molecule has 2 radical (unpaired) electrons. The van der Waals surface area contributed by atoms with Gasteiger partial charge in [-0.05, 0) is 13.3 Å². The van der Waals surface area contributed by atoms with Crippen LogP contribution in [-0.4, -0.2) is 43.1 Å². The van der Waals surface area contributed by atoms with Crippen LogP contribution in [0.2, 0.25) is 17.9 Å². The monoisotopic (exact) mass is 276 g/mol. The third-order valence-electron chi connectivity index (χ3n) is 5.21. The molecular weight excluding hydrogens is 254 g/mol. The molecule has 0 aromatic heterocycles. The molecule has 0 amide bonds. The smallest absolute Gasteiger partial charge is 0.302 e. The molecule has 2 N–H and O–H groups in total. The van der Waals surface area contributed by atoms with Crippen molar-refractivity contribution in [1.29, 1.82) is 0 Å². The topological polar surface area (TPSA) is 74.6 Å². The van der Waals surface area contributed by atoms with E-state index in [0.29, 0.717) is 18.0 Å². The summed E-state index contributed by atoms with van der Waals surface area (Å²) < 4.78 is 0. The number of carbonyl (C=O) groups excluding carboxylic acids is 1. The second kappa shape index (κ2) is 6.33. The Bertz CT molecular complexity index is 387. The van der Waals surface area contributed by atoms with Gasteiger partial charge in [-0.1, -0.05) is 43.0 Å². The average Bonchev–Trinajstić information content (AvgIpc) is 2.58. The molecule has 2 aliphatic heterocycles. The second-order valence-electron chi connectivity index (χ2n) is 6.44. The zero-order chi connectivity index (χ0) is 14.8. The van der Waals surface area contributed by atoms with E-state index in [0.717, 1.165) is 25.7 Å². The normalized spacial score (nSPS) is 37.0. The highest BCUT2D eigenvalue weighted by molar-refractivity contribution is 6.60. The van der Waals surface area contributed by atoms with Crippen LogP contribution >= 0.6 is 0 Å². The lowest BCUT2D eigenvalue weighted by atomic mass is 9.32. The van der Waals surface area contributed by atoms with Crippen molar-refractivity contribution in [1.82, 2.24) is 0 Å². The summed E-state index contributed by atoms with van der Waals surface area (Å²) in [7, 11) is 4.30. The molecule has 20 heavy (non-hydrogen) atoms. The van der Waals surface area contributed by atoms with E-state index in [2.05, 4.69) is 14.6 Å². The molecule has 2 rings (SSSR count). The third-order valence-corrected chi connectivity index (χ3v) is 5.21. The van der Waals surface area contributed by atoms with Gasteiger partial charge in [0.2, 0.25) is 0 Å². The molecule has 0 aromatic rings. The summed E-state index contributed by atoms with van der Waals surface area (Å²) in [5.41, 5.74) is -0.311. The molecule has 2 heterocycles. The highest BCUT2D eigenvalue weighted by Crippen LogP contribution is 2.45. The van der Waals surface area contributed by atoms with Crippen LogP contribution in [0.1, 0.15) is 39.0 Å². The van der Waals surface area contributed by atoms with Crippen LogP contribution in [-0.2, 0) is 9.59 Å². The number of ketones is 1. The Morgan fingerprint density at radius 1 is 1.30 bits per heavy atom. The molecule has 0 bridgehead atoms. The number of aliphatic hydroxyl groups excluding tert-OH is 1. The summed E-state index contributed by atoms with van der Waals surface area (Å²) in [6.45, 7) is 1.48. The van der Waals surface area contributed by atoms with Gasteiger partial charge >= 0.3 is 5.97 Å². The summed E-state index contributed by atoms with van der Waals surface area (Å²) in [4.78, 5) is 22.7. The quantitative estimate of drug-likeness (QED) is 0.764.